The van der Waals surface area contributed by atoms with Crippen LogP contribution in [0.2, 0.25) is 0 Å². The second kappa shape index (κ2) is 11.1. The van der Waals surface area contributed by atoms with Crippen LogP contribution in [0.4, 0.5) is 0 Å². The summed E-state index contributed by atoms with van der Waals surface area (Å²) >= 11 is 0. The highest BCUT2D eigenvalue weighted by molar-refractivity contribution is 5.96. The molecule has 0 N–H and O–H groups in total. The Morgan fingerprint density at radius 2 is 1.43 bits per heavy atom. The summed E-state index contributed by atoms with van der Waals surface area (Å²) in [6, 6.07) is 9.13. The second-order valence-electron chi connectivity index (χ2n) is 13.6. The molecule has 1 aromatic rings. The van der Waals surface area contributed by atoms with Gasteiger partial charge in [0.1, 0.15) is 18.3 Å². The summed E-state index contributed by atoms with van der Waals surface area (Å²) in [4.78, 5) is 65.1. The Bertz CT molecular complexity index is 1400. The first-order valence-corrected chi connectivity index (χ1v) is 15.2. The molecule has 3 fully saturated rings. The lowest BCUT2D eigenvalue weighted by Gasteiger charge is -2.30. The first kappa shape index (κ1) is 31.9. The summed E-state index contributed by atoms with van der Waals surface area (Å²) in [6.07, 6.45) is -1.68. The molecule has 238 valence electrons. The molecule has 1 heterocycles. The van der Waals surface area contributed by atoms with E-state index in [0.717, 1.165) is 5.56 Å². The predicted octanol–water partition coefficient (Wildman–Crippen LogP) is 3.92. The van der Waals surface area contributed by atoms with Crippen molar-refractivity contribution in [1.82, 2.24) is 0 Å². The van der Waals surface area contributed by atoms with Gasteiger partial charge in [0.15, 0.2) is 23.1 Å². The summed E-state index contributed by atoms with van der Waals surface area (Å²) in [5, 5.41) is 0. The highest BCUT2D eigenvalue weighted by Crippen LogP contribution is 2.68. The van der Waals surface area contributed by atoms with E-state index >= 15 is 0 Å². The van der Waals surface area contributed by atoms with E-state index in [1.54, 1.807) is 19.9 Å². The van der Waals surface area contributed by atoms with Gasteiger partial charge in [-0.3, -0.25) is 24.0 Å². The maximum atomic E-state index is 14.4. The average molecular weight is 611 g/mol. The quantitative estimate of drug-likeness (QED) is 0.202. The Kier molecular flexibility index (Phi) is 8.06. The monoisotopic (exact) mass is 610 g/mol. The number of ether oxygens (including phenoxy) is 5. The molecule has 0 amide bonds. The number of esters is 4. The minimum absolute atomic E-state index is 0.0147. The van der Waals surface area contributed by atoms with Crippen LogP contribution >= 0.6 is 0 Å². The van der Waals surface area contributed by atoms with Crippen LogP contribution in [-0.2, 0) is 54.1 Å². The van der Waals surface area contributed by atoms with Crippen molar-refractivity contribution in [3.05, 3.63) is 47.5 Å². The third-order valence-electron chi connectivity index (χ3n) is 10.0. The lowest BCUT2D eigenvalue weighted by molar-refractivity contribution is -0.167. The maximum absolute atomic E-state index is 14.4. The molecule has 0 bridgehead atoms. The summed E-state index contributed by atoms with van der Waals surface area (Å²) in [7, 11) is 0. The molecule has 1 aromatic carbocycles. The number of hydrogen-bond acceptors (Lipinski definition) is 10. The van der Waals surface area contributed by atoms with E-state index in [0.29, 0.717) is 5.57 Å². The molecule has 2 saturated carbocycles. The zero-order valence-corrected chi connectivity index (χ0v) is 26.6. The van der Waals surface area contributed by atoms with Crippen molar-refractivity contribution in [2.45, 2.75) is 104 Å². The van der Waals surface area contributed by atoms with Gasteiger partial charge in [0.05, 0.1) is 12.3 Å². The molecule has 0 aromatic heterocycles. The number of carbonyl (C=O) groups is 5. The Balaban J connectivity index is 1.66. The lowest BCUT2D eigenvalue weighted by atomic mass is 9.80. The van der Waals surface area contributed by atoms with Crippen LogP contribution < -0.4 is 0 Å². The Morgan fingerprint density at radius 3 is 2.02 bits per heavy atom. The van der Waals surface area contributed by atoms with Crippen LogP contribution in [0.15, 0.2) is 42.0 Å². The van der Waals surface area contributed by atoms with Crippen LogP contribution in [0, 0.1) is 29.1 Å². The number of fused-ring (bicyclic) bond motifs is 1. The van der Waals surface area contributed by atoms with Gasteiger partial charge in [-0.25, -0.2) is 0 Å². The van der Waals surface area contributed by atoms with E-state index in [4.69, 9.17) is 23.7 Å². The number of carbonyl (C=O) groups excluding carboxylic acids is 5. The number of Topliss-reactive ketones (excluding diaryl/α,β-unsaturated/α-hetero) is 1. The maximum Gasteiger partial charge on any atom is 0.310 e. The highest BCUT2D eigenvalue weighted by Gasteiger charge is 2.84. The fourth-order valence-electron chi connectivity index (χ4n) is 8.16. The average Bonchev–Trinajstić information content (AvgIpc) is 3.72. The van der Waals surface area contributed by atoms with E-state index in [-0.39, 0.29) is 24.5 Å². The Morgan fingerprint density at radius 1 is 0.864 bits per heavy atom. The third kappa shape index (κ3) is 5.25. The Hall–Kier alpha value is -3.53. The Labute approximate surface area is 257 Å². The first-order chi connectivity index (χ1) is 20.6. The number of rotatable bonds is 6. The molecule has 5 rings (SSSR count). The van der Waals surface area contributed by atoms with Gasteiger partial charge in [0, 0.05) is 32.6 Å². The molecule has 10 nitrogen and oxygen atoms in total. The van der Waals surface area contributed by atoms with Crippen molar-refractivity contribution < 1.29 is 47.7 Å². The van der Waals surface area contributed by atoms with Gasteiger partial charge in [-0.15, -0.1) is 0 Å². The van der Waals surface area contributed by atoms with Crippen molar-refractivity contribution in [1.29, 1.82) is 0 Å². The van der Waals surface area contributed by atoms with E-state index < -0.39 is 82.7 Å². The van der Waals surface area contributed by atoms with Crippen molar-refractivity contribution in [2.75, 3.05) is 0 Å². The minimum Gasteiger partial charge on any atom is -0.461 e. The zero-order chi connectivity index (χ0) is 32.4. The highest BCUT2D eigenvalue weighted by atomic mass is 16.7. The number of hydrogen-bond donors (Lipinski definition) is 0. The largest absolute Gasteiger partial charge is 0.461 e. The van der Waals surface area contributed by atoms with Crippen molar-refractivity contribution >= 4 is 29.7 Å². The summed E-state index contributed by atoms with van der Waals surface area (Å²) in [6.45, 7) is 13.2. The van der Waals surface area contributed by atoms with Crippen molar-refractivity contribution in [2.24, 2.45) is 29.1 Å². The normalized spacial score (nSPS) is 38.4. The minimum atomic E-state index is -1.33. The number of ketones is 1. The predicted molar refractivity (Wildman–Crippen MR) is 156 cm³/mol. The van der Waals surface area contributed by atoms with E-state index in [1.165, 1.54) is 20.8 Å². The van der Waals surface area contributed by atoms with E-state index in [9.17, 15) is 24.0 Å². The van der Waals surface area contributed by atoms with Gasteiger partial charge in [-0.2, -0.15) is 0 Å². The van der Waals surface area contributed by atoms with Gasteiger partial charge in [-0.1, -0.05) is 58.0 Å². The van der Waals surface area contributed by atoms with Gasteiger partial charge in [-0.05, 0) is 41.9 Å². The number of benzene rings is 1. The fourth-order valence-corrected chi connectivity index (χ4v) is 8.16. The standard InChI is InChI=1S/C34H42O10/c1-17-15-34-31(42-22(6)37)18(2)16-33(34,44-34)30(39)19(3)28(40-20(4)35)25-26(32(25,7)8)29(41-21(5)36)27(17)43-24(38)14-23-12-10-9-11-13-23/h9-13,15,18-19,25-29,31H,14,16H2,1-8H3. The van der Waals surface area contributed by atoms with Crippen LogP contribution in [-0.4, -0.2) is 65.3 Å². The smallest absolute Gasteiger partial charge is 0.310 e. The van der Waals surface area contributed by atoms with Crippen LogP contribution in [0.25, 0.3) is 0 Å². The topological polar surface area (TPSA) is 135 Å². The molecule has 3 aliphatic carbocycles. The molecular formula is C34H42O10. The SMILES string of the molecule is CC(=O)OC1C(C)C(=O)C23CC(C)C(OC(C)=O)C2(C=C(C)C(OC(=O)Cc2ccccc2)C(OC(C)=O)C2C1C2(C)C)O3. The number of epoxide rings is 1. The van der Waals surface area contributed by atoms with Gasteiger partial charge in [0.2, 0.25) is 0 Å². The lowest BCUT2D eigenvalue weighted by Crippen LogP contribution is -2.43. The second-order valence-corrected chi connectivity index (χ2v) is 13.6. The van der Waals surface area contributed by atoms with Crippen LogP contribution in [0.5, 0.6) is 0 Å². The van der Waals surface area contributed by atoms with E-state index in [1.807, 2.05) is 51.1 Å². The molecular weight excluding hydrogens is 568 g/mol. The molecule has 0 radical (unpaired) electrons. The fraction of sp³-hybridized carbons (Fsp3) is 0.618. The van der Waals surface area contributed by atoms with Crippen LogP contribution in [0.1, 0.15) is 67.4 Å². The van der Waals surface area contributed by atoms with Gasteiger partial charge >= 0.3 is 23.9 Å². The van der Waals surface area contributed by atoms with Crippen molar-refractivity contribution in [3.8, 4) is 0 Å². The van der Waals surface area contributed by atoms with Crippen molar-refractivity contribution in [3.63, 3.8) is 0 Å². The van der Waals surface area contributed by atoms with Gasteiger partial charge in [0.25, 0.3) is 0 Å². The zero-order valence-electron chi connectivity index (χ0n) is 26.6. The van der Waals surface area contributed by atoms with Crippen LogP contribution in [0.3, 0.4) is 0 Å². The first-order valence-electron chi connectivity index (χ1n) is 15.2. The molecule has 0 spiro atoms. The molecule has 1 saturated heterocycles. The molecule has 10 atom stereocenters. The molecule has 1 aliphatic heterocycles. The molecule has 44 heavy (non-hydrogen) atoms. The third-order valence-corrected chi connectivity index (χ3v) is 10.0. The molecule has 10 unspecified atom stereocenters. The summed E-state index contributed by atoms with van der Waals surface area (Å²) in [5.41, 5.74) is -1.97. The summed E-state index contributed by atoms with van der Waals surface area (Å²) in [5.74, 6) is -4.27. The molecule has 10 heteroatoms. The summed E-state index contributed by atoms with van der Waals surface area (Å²) < 4.78 is 30.1. The molecule has 4 aliphatic rings. The van der Waals surface area contributed by atoms with E-state index in [2.05, 4.69) is 0 Å². The van der Waals surface area contributed by atoms with Gasteiger partial charge < -0.3 is 23.7 Å².